The van der Waals surface area contributed by atoms with Crippen LogP contribution in [-0.2, 0) is 4.79 Å². The Kier molecular flexibility index (Phi) is 8.46. The molecule has 4 nitrogen and oxygen atoms in total. The third-order valence-electron chi connectivity index (χ3n) is 4.12. The number of hydrogen-bond donors (Lipinski definition) is 2. The first-order chi connectivity index (χ1) is 11.5. The van der Waals surface area contributed by atoms with Gasteiger partial charge in [0.05, 0.1) is 6.04 Å². The summed E-state index contributed by atoms with van der Waals surface area (Å²) in [4.78, 5) is 12.3. The molecule has 0 radical (unpaired) electrons. The van der Waals surface area contributed by atoms with Crippen LogP contribution in [0.1, 0.15) is 29.7 Å². The van der Waals surface area contributed by atoms with Gasteiger partial charge in [0.15, 0.2) is 0 Å². The van der Waals surface area contributed by atoms with Gasteiger partial charge in [0.2, 0.25) is 5.91 Å². The predicted octanol–water partition coefficient (Wildman–Crippen LogP) is 3.56. The van der Waals surface area contributed by atoms with E-state index in [1.807, 2.05) is 69.3 Å². The number of nitrogens with two attached hydrogens (primary N) is 1. The summed E-state index contributed by atoms with van der Waals surface area (Å²) in [6.45, 7) is 6.57. The van der Waals surface area contributed by atoms with Crippen molar-refractivity contribution in [1.82, 2.24) is 5.32 Å². The molecule has 0 fully saturated rings. The van der Waals surface area contributed by atoms with Crippen LogP contribution in [0.25, 0.3) is 0 Å². The highest BCUT2D eigenvalue weighted by Crippen LogP contribution is 2.24. The number of ether oxygens (including phenoxy) is 1. The second-order valence-electron chi connectivity index (χ2n) is 6.14. The van der Waals surface area contributed by atoms with Gasteiger partial charge >= 0.3 is 0 Å². The molecule has 2 unspecified atom stereocenters. The molecule has 2 aromatic carbocycles. The lowest BCUT2D eigenvalue weighted by Gasteiger charge is -2.22. The van der Waals surface area contributed by atoms with Gasteiger partial charge < -0.3 is 15.8 Å². The van der Waals surface area contributed by atoms with Crippen LogP contribution in [-0.4, -0.2) is 19.1 Å². The first-order valence-corrected chi connectivity index (χ1v) is 8.27. The maximum Gasteiger partial charge on any atom is 0.224 e. The Morgan fingerprint density at radius 3 is 2.24 bits per heavy atom. The number of hydrogen-bond acceptors (Lipinski definition) is 3. The number of carbonyl (C=O) groups is 1. The summed E-state index contributed by atoms with van der Waals surface area (Å²) in [5.74, 6) is 0.590. The molecule has 0 heterocycles. The largest absolute Gasteiger partial charge is 0.491 e. The van der Waals surface area contributed by atoms with E-state index in [1.54, 1.807) is 0 Å². The summed E-state index contributed by atoms with van der Waals surface area (Å²) in [6, 6.07) is 15.7. The molecule has 0 aliphatic carbocycles. The highest BCUT2D eigenvalue weighted by atomic mass is 35.5. The fraction of sp³-hybridized carbons (Fsp3) is 0.350. The van der Waals surface area contributed by atoms with E-state index >= 15 is 0 Å². The van der Waals surface area contributed by atoms with Gasteiger partial charge in [-0.25, -0.2) is 0 Å². The third kappa shape index (κ3) is 5.76. The number of amides is 1. The van der Waals surface area contributed by atoms with Crippen LogP contribution in [0.2, 0.25) is 0 Å². The first kappa shape index (κ1) is 21.0. The molecule has 25 heavy (non-hydrogen) atoms. The van der Waals surface area contributed by atoms with E-state index in [1.165, 1.54) is 0 Å². The van der Waals surface area contributed by atoms with E-state index in [0.29, 0.717) is 13.2 Å². The molecule has 0 bridgehead atoms. The molecular formula is C20H27ClN2O2. The molecule has 0 aliphatic heterocycles. The number of benzene rings is 2. The lowest BCUT2D eigenvalue weighted by molar-refractivity contribution is -0.125. The Bertz CT molecular complexity index is 656. The minimum atomic E-state index is -0.226. The van der Waals surface area contributed by atoms with Crippen LogP contribution in [0.5, 0.6) is 5.75 Å². The summed E-state index contributed by atoms with van der Waals surface area (Å²) >= 11 is 0. The average molecular weight is 363 g/mol. The quantitative estimate of drug-likeness (QED) is 0.791. The van der Waals surface area contributed by atoms with Gasteiger partial charge in [-0.05, 0) is 30.5 Å². The summed E-state index contributed by atoms with van der Waals surface area (Å²) < 4.78 is 6.05. The summed E-state index contributed by atoms with van der Waals surface area (Å²) in [5.41, 5.74) is 8.79. The smallest absolute Gasteiger partial charge is 0.224 e. The number of nitrogens with one attached hydrogen (secondary N) is 1. The Balaban J connectivity index is 0.00000312. The Morgan fingerprint density at radius 1 is 1.08 bits per heavy atom. The van der Waals surface area contributed by atoms with Crippen molar-refractivity contribution < 1.29 is 9.53 Å². The molecule has 2 atom stereocenters. The van der Waals surface area contributed by atoms with Gasteiger partial charge in [-0.15, -0.1) is 12.4 Å². The predicted molar refractivity (Wildman–Crippen MR) is 104 cm³/mol. The highest BCUT2D eigenvalue weighted by Gasteiger charge is 2.19. The standard InChI is InChI=1S/C20H26N2O2.ClH/c1-14-8-7-9-15(2)19(14)24-13-18(17-10-5-4-6-11-17)22-20(23)16(3)12-21;/h4-11,16,18H,12-13,21H2,1-3H3,(H,22,23);1H. The number of aryl methyl sites for hydroxylation is 2. The average Bonchev–Trinajstić information content (AvgIpc) is 2.60. The maximum atomic E-state index is 12.3. The molecule has 1 amide bonds. The van der Waals surface area contributed by atoms with Gasteiger partial charge in [0, 0.05) is 12.5 Å². The van der Waals surface area contributed by atoms with E-state index in [0.717, 1.165) is 22.4 Å². The molecule has 0 aromatic heterocycles. The topological polar surface area (TPSA) is 64.3 Å². The second kappa shape index (κ2) is 10.1. The molecule has 3 N–H and O–H groups in total. The van der Waals surface area contributed by atoms with Crippen LogP contribution in [0.15, 0.2) is 48.5 Å². The van der Waals surface area contributed by atoms with E-state index < -0.39 is 0 Å². The second-order valence-corrected chi connectivity index (χ2v) is 6.14. The molecular weight excluding hydrogens is 336 g/mol. The zero-order valence-corrected chi connectivity index (χ0v) is 15.8. The van der Waals surface area contributed by atoms with Gasteiger partial charge in [-0.1, -0.05) is 55.5 Å². The van der Waals surface area contributed by atoms with Crippen molar-refractivity contribution in [1.29, 1.82) is 0 Å². The van der Waals surface area contributed by atoms with Crippen LogP contribution in [0.4, 0.5) is 0 Å². The summed E-state index contributed by atoms with van der Waals surface area (Å²) in [7, 11) is 0. The zero-order chi connectivity index (χ0) is 17.5. The highest BCUT2D eigenvalue weighted by molar-refractivity contribution is 5.85. The van der Waals surface area contributed by atoms with Crippen molar-refractivity contribution in [2.45, 2.75) is 26.8 Å². The van der Waals surface area contributed by atoms with Crippen molar-refractivity contribution in [2.75, 3.05) is 13.2 Å². The maximum absolute atomic E-state index is 12.3. The van der Waals surface area contributed by atoms with Crippen molar-refractivity contribution in [3.05, 3.63) is 65.2 Å². The van der Waals surface area contributed by atoms with Crippen molar-refractivity contribution in [3.8, 4) is 5.75 Å². The van der Waals surface area contributed by atoms with E-state index in [4.69, 9.17) is 10.5 Å². The molecule has 0 aliphatic rings. The van der Waals surface area contributed by atoms with Crippen molar-refractivity contribution in [2.24, 2.45) is 11.7 Å². The number of halogens is 1. The fourth-order valence-electron chi connectivity index (χ4n) is 2.52. The van der Waals surface area contributed by atoms with Crippen molar-refractivity contribution in [3.63, 3.8) is 0 Å². The fourth-order valence-corrected chi connectivity index (χ4v) is 2.52. The SMILES string of the molecule is Cc1cccc(C)c1OCC(NC(=O)C(C)CN)c1ccccc1.Cl. The van der Waals surface area contributed by atoms with Crippen LogP contribution in [0.3, 0.4) is 0 Å². The molecule has 2 rings (SSSR count). The Morgan fingerprint density at radius 2 is 1.68 bits per heavy atom. The van der Waals surface area contributed by atoms with Gasteiger partial charge in [-0.3, -0.25) is 4.79 Å². The lowest BCUT2D eigenvalue weighted by atomic mass is 10.1. The summed E-state index contributed by atoms with van der Waals surface area (Å²) in [6.07, 6.45) is 0. The van der Waals surface area contributed by atoms with Gasteiger partial charge in [-0.2, -0.15) is 0 Å². The molecule has 0 saturated carbocycles. The van der Waals surface area contributed by atoms with Crippen LogP contribution in [0, 0.1) is 19.8 Å². The normalized spacial score (nSPS) is 12.6. The minimum Gasteiger partial charge on any atom is -0.491 e. The van der Waals surface area contributed by atoms with Crippen molar-refractivity contribution >= 4 is 18.3 Å². The lowest BCUT2D eigenvalue weighted by Crippen LogP contribution is -2.38. The Hall–Kier alpha value is -2.04. The Labute approximate surface area is 156 Å². The summed E-state index contributed by atoms with van der Waals surface area (Å²) in [5, 5.41) is 3.05. The van der Waals surface area contributed by atoms with E-state index in [-0.39, 0.29) is 30.3 Å². The third-order valence-corrected chi connectivity index (χ3v) is 4.12. The number of carbonyl (C=O) groups excluding carboxylic acids is 1. The molecule has 136 valence electrons. The number of para-hydroxylation sites is 1. The van der Waals surface area contributed by atoms with E-state index in [2.05, 4.69) is 5.32 Å². The molecule has 5 heteroatoms. The van der Waals surface area contributed by atoms with E-state index in [9.17, 15) is 4.79 Å². The monoisotopic (exact) mass is 362 g/mol. The van der Waals surface area contributed by atoms with Crippen LogP contribution < -0.4 is 15.8 Å². The zero-order valence-electron chi connectivity index (χ0n) is 15.0. The first-order valence-electron chi connectivity index (χ1n) is 8.27. The van der Waals surface area contributed by atoms with Crippen LogP contribution >= 0.6 is 12.4 Å². The molecule has 0 spiro atoms. The van der Waals surface area contributed by atoms with Gasteiger partial charge in [0.1, 0.15) is 12.4 Å². The molecule has 2 aromatic rings. The number of rotatable bonds is 7. The minimum absolute atomic E-state index is 0. The van der Waals surface area contributed by atoms with Gasteiger partial charge in [0.25, 0.3) is 0 Å². The molecule has 0 saturated heterocycles.